The Morgan fingerprint density at radius 1 is 1.31 bits per heavy atom. The predicted octanol–water partition coefficient (Wildman–Crippen LogP) is 2.29. The maximum absolute atomic E-state index is 12.3. The molecule has 152 valence electrons. The number of ether oxygens (including phenoxy) is 2. The van der Waals surface area contributed by atoms with Crippen molar-refractivity contribution in [3.05, 3.63) is 53.6 Å². The Balaban J connectivity index is 2.04. The van der Waals surface area contributed by atoms with E-state index in [1.54, 1.807) is 43.5 Å². The third-order valence-electron chi connectivity index (χ3n) is 4.03. The van der Waals surface area contributed by atoms with Crippen molar-refractivity contribution in [1.29, 1.82) is 0 Å². The zero-order valence-corrected chi connectivity index (χ0v) is 16.4. The van der Waals surface area contributed by atoms with Gasteiger partial charge in [0.2, 0.25) is 5.91 Å². The van der Waals surface area contributed by atoms with Crippen LogP contribution in [0.25, 0.3) is 6.08 Å². The van der Waals surface area contributed by atoms with Gasteiger partial charge in [-0.15, -0.1) is 5.92 Å². The van der Waals surface area contributed by atoms with Gasteiger partial charge >= 0.3 is 5.97 Å². The molecule has 0 bridgehead atoms. The summed E-state index contributed by atoms with van der Waals surface area (Å²) in [6.45, 7) is 2.21. The second kappa shape index (κ2) is 11.4. The van der Waals surface area contributed by atoms with Crippen molar-refractivity contribution in [3.8, 4) is 23.3 Å². The largest absolute Gasteiger partial charge is 0.493 e. The fourth-order valence-electron chi connectivity index (χ4n) is 2.64. The molecule has 0 aromatic heterocycles. The number of methoxy groups -OCH3 is 1. The van der Waals surface area contributed by atoms with Gasteiger partial charge in [0.1, 0.15) is 6.61 Å². The van der Waals surface area contributed by atoms with E-state index < -0.39 is 12.0 Å². The Labute approximate surface area is 170 Å². The van der Waals surface area contributed by atoms with Gasteiger partial charge in [0.05, 0.1) is 18.7 Å². The summed E-state index contributed by atoms with van der Waals surface area (Å²) in [6, 6.07) is 4.81. The first-order valence-electron chi connectivity index (χ1n) is 9.12. The van der Waals surface area contributed by atoms with Crippen molar-refractivity contribution < 1.29 is 23.9 Å². The quantitative estimate of drug-likeness (QED) is 0.417. The summed E-state index contributed by atoms with van der Waals surface area (Å²) >= 11 is 0. The minimum atomic E-state index is -0.674. The number of amides is 1. The molecule has 1 amide bonds. The number of rotatable bonds is 7. The van der Waals surface area contributed by atoms with Crippen molar-refractivity contribution >= 4 is 18.0 Å². The van der Waals surface area contributed by atoms with E-state index in [1.165, 1.54) is 6.08 Å². The van der Waals surface area contributed by atoms with Crippen LogP contribution in [0.15, 0.2) is 48.1 Å². The Hall–Kier alpha value is -3.50. The van der Waals surface area contributed by atoms with Crippen LogP contribution in [0.5, 0.6) is 11.5 Å². The fourth-order valence-corrected chi connectivity index (χ4v) is 2.64. The first-order valence-corrected chi connectivity index (χ1v) is 9.12. The van der Waals surface area contributed by atoms with E-state index in [0.717, 1.165) is 12.0 Å². The SMILES string of the molecule is CCC#CCOc1cc(/C=C/C(=O)NC2CC=CC=C2C(=O)ON)ccc1OC. The Morgan fingerprint density at radius 3 is 2.86 bits per heavy atom. The van der Waals surface area contributed by atoms with Crippen LogP contribution >= 0.6 is 0 Å². The molecule has 1 aromatic rings. The molecule has 0 spiro atoms. The number of allylic oxidation sites excluding steroid dienone is 2. The normalized spacial score (nSPS) is 15.1. The lowest BCUT2D eigenvalue weighted by Crippen LogP contribution is -2.38. The van der Waals surface area contributed by atoms with Crippen LogP contribution in [0.1, 0.15) is 25.3 Å². The van der Waals surface area contributed by atoms with Gasteiger partial charge in [0.25, 0.3) is 0 Å². The third-order valence-corrected chi connectivity index (χ3v) is 4.03. The van der Waals surface area contributed by atoms with Crippen LogP contribution < -0.4 is 20.7 Å². The van der Waals surface area contributed by atoms with Crippen LogP contribution in [0, 0.1) is 11.8 Å². The molecule has 0 fully saturated rings. The standard InChI is InChI=1S/C22H24N2O5/c1-3-4-7-14-28-20-15-16(10-12-19(20)27-2)11-13-21(25)24-18-9-6-5-8-17(18)22(26)29-23/h5-6,8,10-13,15,18H,3,9,14,23H2,1-2H3,(H,24,25)/b13-11+. The molecule has 7 heteroatoms. The van der Waals surface area contributed by atoms with Crippen molar-refractivity contribution in [2.45, 2.75) is 25.8 Å². The molecule has 3 N–H and O–H groups in total. The van der Waals surface area contributed by atoms with E-state index >= 15 is 0 Å². The monoisotopic (exact) mass is 396 g/mol. The van der Waals surface area contributed by atoms with E-state index in [9.17, 15) is 9.59 Å². The molecule has 1 unspecified atom stereocenters. The molecule has 0 aliphatic heterocycles. The number of hydrogen-bond donors (Lipinski definition) is 2. The average Bonchev–Trinajstić information content (AvgIpc) is 2.75. The minimum Gasteiger partial charge on any atom is -0.493 e. The van der Waals surface area contributed by atoms with E-state index in [1.807, 2.05) is 13.0 Å². The van der Waals surface area contributed by atoms with Gasteiger partial charge in [-0.1, -0.05) is 31.1 Å². The van der Waals surface area contributed by atoms with Crippen molar-refractivity contribution in [3.63, 3.8) is 0 Å². The predicted molar refractivity (Wildman–Crippen MR) is 110 cm³/mol. The van der Waals surface area contributed by atoms with E-state index in [0.29, 0.717) is 23.5 Å². The number of nitrogens with two attached hydrogens (primary N) is 1. The van der Waals surface area contributed by atoms with Crippen LogP contribution in [0.4, 0.5) is 0 Å². The van der Waals surface area contributed by atoms with Crippen molar-refractivity contribution in [2.75, 3.05) is 13.7 Å². The summed E-state index contributed by atoms with van der Waals surface area (Å²) < 4.78 is 10.9. The molecule has 2 rings (SSSR count). The summed E-state index contributed by atoms with van der Waals surface area (Å²) in [4.78, 5) is 28.3. The van der Waals surface area contributed by atoms with E-state index in [-0.39, 0.29) is 12.5 Å². The minimum absolute atomic E-state index is 0.249. The highest BCUT2D eigenvalue weighted by atomic mass is 16.7. The summed E-state index contributed by atoms with van der Waals surface area (Å²) in [5.74, 6) is 10.9. The van der Waals surface area contributed by atoms with Crippen LogP contribution in [0.3, 0.4) is 0 Å². The van der Waals surface area contributed by atoms with Gasteiger partial charge in [-0.25, -0.2) is 4.79 Å². The number of benzene rings is 1. The molecule has 1 aliphatic rings. The molecule has 1 aromatic carbocycles. The molecule has 0 heterocycles. The van der Waals surface area contributed by atoms with Gasteiger partial charge in [0.15, 0.2) is 11.5 Å². The fraction of sp³-hybridized carbons (Fsp3) is 0.273. The van der Waals surface area contributed by atoms with Crippen LogP contribution in [-0.4, -0.2) is 31.6 Å². The lowest BCUT2D eigenvalue weighted by Gasteiger charge is -2.20. The van der Waals surface area contributed by atoms with Gasteiger partial charge in [-0.3, -0.25) is 4.79 Å². The molecular formula is C22H24N2O5. The Bertz CT molecular complexity index is 890. The van der Waals surface area contributed by atoms with Gasteiger partial charge < -0.3 is 19.6 Å². The van der Waals surface area contributed by atoms with Crippen LogP contribution in [-0.2, 0) is 14.4 Å². The summed E-state index contributed by atoms with van der Waals surface area (Å²) in [5.41, 5.74) is 1.05. The zero-order chi connectivity index (χ0) is 21.1. The maximum atomic E-state index is 12.3. The second-order valence-corrected chi connectivity index (χ2v) is 5.99. The molecule has 0 saturated carbocycles. The first kappa shape index (κ1) is 21.8. The average molecular weight is 396 g/mol. The van der Waals surface area contributed by atoms with Gasteiger partial charge in [0, 0.05) is 12.5 Å². The smallest absolute Gasteiger partial charge is 0.354 e. The first-order chi connectivity index (χ1) is 14.1. The number of hydrogen-bond acceptors (Lipinski definition) is 6. The number of carbonyl (C=O) groups excluding carboxylic acids is 2. The lowest BCUT2D eigenvalue weighted by atomic mass is 9.99. The molecule has 7 nitrogen and oxygen atoms in total. The summed E-state index contributed by atoms with van der Waals surface area (Å²) in [5, 5.41) is 2.76. The molecule has 0 saturated heterocycles. The van der Waals surface area contributed by atoms with Gasteiger partial charge in [-0.05, 0) is 36.3 Å². The zero-order valence-electron chi connectivity index (χ0n) is 16.4. The molecule has 0 radical (unpaired) electrons. The molecule has 1 aliphatic carbocycles. The topological polar surface area (TPSA) is 99.9 Å². The van der Waals surface area contributed by atoms with Crippen molar-refractivity contribution in [2.24, 2.45) is 5.90 Å². The van der Waals surface area contributed by atoms with E-state index in [4.69, 9.17) is 15.4 Å². The summed E-state index contributed by atoms with van der Waals surface area (Å²) in [7, 11) is 1.55. The third kappa shape index (κ3) is 6.55. The highest BCUT2D eigenvalue weighted by Crippen LogP contribution is 2.28. The van der Waals surface area contributed by atoms with E-state index in [2.05, 4.69) is 22.0 Å². The lowest BCUT2D eigenvalue weighted by molar-refractivity contribution is -0.140. The molecule has 1 atom stereocenters. The van der Waals surface area contributed by atoms with Crippen LogP contribution in [0.2, 0.25) is 0 Å². The highest BCUT2D eigenvalue weighted by molar-refractivity contribution is 5.95. The number of nitrogens with one attached hydrogen (secondary N) is 1. The van der Waals surface area contributed by atoms with Gasteiger partial charge in [-0.2, -0.15) is 5.90 Å². The van der Waals surface area contributed by atoms with Crippen molar-refractivity contribution in [1.82, 2.24) is 5.32 Å². The second-order valence-electron chi connectivity index (χ2n) is 5.99. The highest BCUT2D eigenvalue weighted by Gasteiger charge is 2.23. The number of carbonyl (C=O) groups is 2. The summed E-state index contributed by atoms with van der Waals surface area (Å²) in [6.07, 6.45) is 9.39. The molecule has 29 heavy (non-hydrogen) atoms. The maximum Gasteiger partial charge on any atom is 0.354 e. The Morgan fingerprint density at radius 2 is 2.14 bits per heavy atom. The molecular weight excluding hydrogens is 372 g/mol. The Kier molecular flexibility index (Phi) is 8.54.